The Labute approximate surface area is 123 Å². The number of carbonyl (C=O) groups is 1. The third-order valence-electron chi connectivity index (χ3n) is 4.84. The van der Waals surface area contributed by atoms with E-state index in [-0.39, 0.29) is 12.0 Å². The summed E-state index contributed by atoms with van der Waals surface area (Å²) in [6.07, 6.45) is 5.62. The maximum absolute atomic E-state index is 12.6. The standard InChI is InChI=1S/C16H31N3O/c1-13(2)7-8-18-9-11-19(12-10-18)16(20)14-5-3-4-6-15(14)17/h13-15H,3-12,17H2,1-2H3. The molecule has 2 rings (SSSR count). The van der Waals surface area contributed by atoms with Gasteiger partial charge >= 0.3 is 0 Å². The molecule has 1 saturated carbocycles. The predicted molar refractivity (Wildman–Crippen MR) is 82.4 cm³/mol. The smallest absolute Gasteiger partial charge is 0.227 e. The molecular formula is C16H31N3O. The molecule has 1 aliphatic heterocycles. The molecule has 0 radical (unpaired) electrons. The second kappa shape index (κ2) is 7.41. The zero-order chi connectivity index (χ0) is 14.5. The number of nitrogens with two attached hydrogens (primary N) is 1. The van der Waals surface area contributed by atoms with Gasteiger partial charge < -0.3 is 10.6 Å². The molecule has 1 amide bonds. The molecule has 0 aromatic carbocycles. The maximum atomic E-state index is 12.6. The van der Waals surface area contributed by atoms with E-state index < -0.39 is 0 Å². The van der Waals surface area contributed by atoms with Gasteiger partial charge in [0.25, 0.3) is 0 Å². The summed E-state index contributed by atoms with van der Waals surface area (Å²) in [5, 5.41) is 0. The number of amides is 1. The minimum Gasteiger partial charge on any atom is -0.340 e. The van der Waals surface area contributed by atoms with Gasteiger partial charge in [-0.25, -0.2) is 0 Å². The summed E-state index contributed by atoms with van der Waals surface area (Å²) in [4.78, 5) is 17.1. The number of rotatable bonds is 4. The van der Waals surface area contributed by atoms with Gasteiger partial charge in [0.2, 0.25) is 5.91 Å². The first-order chi connectivity index (χ1) is 9.58. The Morgan fingerprint density at radius 3 is 2.40 bits per heavy atom. The molecule has 0 spiro atoms. The van der Waals surface area contributed by atoms with Crippen LogP contribution >= 0.6 is 0 Å². The summed E-state index contributed by atoms with van der Waals surface area (Å²) in [7, 11) is 0. The monoisotopic (exact) mass is 281 g/mol. The van der Waals surface area contributed by atoms with Gasteiger partial charge in [0.15, 0.2) is 0 Å². The van der Waals surface area contributed by atoms with E-state index in [1.165, 1.54) is 25.8 Å². The first kappa shape index (κ1) is 15.8. The van der Waals surface area contributed by atoms with Crippen LogP contribution in [0.15, 0.2) is 0 Å². The Morgan fingerprint density at radius 2 is 1.80 bits per heavy atom. The van der Waals surface area contributed by atoms with Gasteiger partial charge in [-0.15, -0.1) is 0 Å². The Hall–Kier alpha value is -0.610. The normalized spacial score (nSPS) is 28.9. The van der Waals surface area contributed by atoms with Crippen LogP contribution in [0.25, 0.3) is 0 Å². The fourth-order valence-electron chi connectivity index (χ4n) is 3.33. The summed E-state index contributed by atoms with van der Waals surface area (Å²) in [6.45, 7) is 9.54. The molecule has 1 aliphatic carbocycles. The summed E-state index contributed by atoms with van der Waals surface area (Å²) in [5.41, 5.74) is 6.14. The van der Waals surface area contributed by atoms with E-state index in [1.54, 1.807) is 0 Å². The second-order valence-corrected chi connectivity index (χ2v) is 6.90. The topological polar surface area (TPSA) is 49.6 Å². The van der Waals surface area contributed by atoms with E-state index in [9.17, 15) is 4.79 Å². The van der Waals surface area contributed by atoms with Gasteiger partial charge in [-0.3, -0.25) is 9.69 Å². The van der Waals surface area contributed by atoms with Gasteiger partial charge in [-0.05, 0) is 31.7 Å². The lowest BCUT2D eigenvalue weighted by Gasteiger charge is -2.38. The third-order valence-corrected chi connectivity index (χ3v) is 4.84. The van der Waals surface area contributed by atoms with Crippen molar-refractivity contribution in [2.24, 2.45) is 17.6 Å². The number of piperazine rings is 1. The molecule has 0 aromatic rings. The quantitative estimate of drug-likeness (QED) is 0.853. The SMILES string of the molecule is CC(C)CCN1CCN(C(=O)C2CCCCC2N)CC1. The Balaban J connectivity index is 1.76. The second-order valence-electron chi connectivity index (χ2n) is 6.90. The van der Waals surface area contributed by atoms with Crippen molar-refractivity contribution in [3.05, 3.63) is 0 Å². The summed E-state index contributed by atoms with van der Waals surface area (Å²) in [5.74, 6) is 1.17. The summed E-state index contributed by atoms with van der Waals surface area (Å²) >= 11 is 0. The van der Waals surface area contributed by atoms with E-state index in [4.69, 9.17) is 5.73 Å². The van der Waals surface area contributed by atoms with Crippen LogP contribution in [0.4, 0.5) is 0 Å². The van der Waals surface area contributed by atoms with Crippen LogP contribution in [0.1, 0.15) is 46.0 Å². The van der Waals surface area contributed by atoms with Crippen LogP contribution in [0.3, 0.4) is 0 Å². The van der Waals surface area contributed by atoms with Crippen molar-refractivity contribution in [1.82, 2.24) is 9.80 Å². The molecule has 1 heterocycles. The number of carbonyl (C=O) groups excluding carboxylic acids is 1. The van der Waals surface area contributed by atoms with Crippen LogP contribution in [0, 0.1) is 11.8 Å². The molecule has 20 heavy (non-hydrogen) atoms. The molecule has 116 valence electrons. The van der Waals surface area contributed by atoms with E-state index in [1.807, 2.05) is 0 Å². The summed E-state index contributed by atoms with van der Waals surface area (Å²) in [6, 6.07) is 0.0928. The molecule has 4 nitrogen and oxygen atoms in total. The lowest BCUT2D eigenvalue weighted by molar-refractivity contribution is -0.138. The first-order valence-electron chi connectivity index (χ1n) is 8.34. The lowest BCUT2D eigenvalue weighted by Crippen LogP contribution is -2.53. The average Bonchev–Trinajstić information content (AvgIpc) is 2.45. The lowest BCUT2D eigenvalue weighted by atomic mass is 9.84. The molecule has 0 aromatic heterocycles. The van der Waals surface area contributed by atoms with Gasteiger partial charge in [-0.2, -0.15) is 0 Å². The number of hydrogen-bond acceptors (Lipinski definition) is 3. The van der Waals surface area contributed by atoms with E-state index in [0.29, 0.717) is 5.91 Å². The van der Waals surface area contributed by atoms with E-state index in [2.05, 4.69) is 23.6 Å². The van der Waals surface area contributed by atoms with E-state index >= 15 is 0 Å². The Bertz CT molecular complexity index is 311. The first-order valence-corrected chi connectivity index (χ1v) is 8.34. The van der Waals surface area contributed by atoms with Crippen molar-refractivity contribution in [2.45, 2.75) is 52.0 Å². The van der Waals surface area contributed by atoms with Crippen LogP contribution in [0.2, 0.25) is 0 Å². The predicted octanol–water partition coefficient (Wildman–Crippen LogP) is 1.69. The number of hydrogen-bond donors (Lipinski definition) is 1. The highest BCUT2D eigenvalue weighted by atomic mass is 16.2. The van der Waals surface area contributed by atoms with Crippen LogP contribution in [-0.2, 0) is 4.79 Å². The van der Waals surface area contributed by atoms with Crippen LogP contribution in [-0.4, -0.2) is 54.5 Å². The minimum atomic E-state index is 0.0889. The minimum absolute atomic E-state index is 0.0889. The van der Waals surface area contributed by atoms with Crippen molar-refractivity contribution < 1.29 is 4.79 Å². The fraction of sp³-hybridized carbons (Fsp3) is 0.938. The van der Waals surface area contributed by atoms with Crippen molar-refractivity contribution in [1.29, 1.82) is 0 Å². The molecular weight excluding hydrogens is 250 g/mol. The zero-order valence-corrected chi connectivity index (χ0v) is 13.2. The fourth-order valence-corrected chi connectivity index (χ4v) is 3.33. The van der Waals surface area contributed by atoms with Crippen molar-refractivity contribution in [2.75, 3.05) is 32.7 Å². The average molecular weight is 281 g/mol. The highest BCUT2D eigenvalue weighted by Crippen LogP contribution is 2.25. The number of nitrogens with zero attached hydrogens (tertiary/aromatic N) is 2. The van der Waals surface area contributed by atoms with Gasteiger partial charge in [0.05, 0.1) is 5.92 Å². The maximum Gasteiger partial charge on any atom is 0.227 e. The summed E-state index contributed by atoms with van der Waals surface area (Å²) < 4.78 is 0. The van der Waals surface area contributed by atoms with Crippen LogP contribution < -0.4 is 5.73 Å². The molecule has 2 N–H and O–H groups in total. The van der Waals surface area contributed by atoms with Crippen LogP contribution in [0.5, 0.6) is 0 Å². The molecule has 2 fully saturated rings. The Kier molecular flexibility index (Phi) is 5.85. The molecule has 2 unspecified atom stereocenters. The third kappa shape index (κ3) is 4.19. The van der Waals surface area contributed by atoms with E-state index in [0.717, 1.165) is 44.9 Å². The van der Waals surface area contributed by atoms with Crippen molar-refractivity contribution >= 4 is 5.91 Å². The molecule has 2 atom stereocenters. The zero-order valence-electron chi connectivity index (χ0n) is 13.2. The molecule has 2 aliphatic rings. The molecule has 4 heteroatoms. The Morgan fingerprint density at radius 1 is 1.15 bits per heavy atom. The highest BCUT2D eigenvalue weighted by Gasteiger charge is 2.32. The van der Waals surface area contributed by atoms with Gasteiger partial charge in [0, 0.05) is 32.2 Å². The highest BCUT2D eigenvalue weighted by molar-refractivity contribution is 5.79. The van der Waals surface area contributed by atoms with Gasteiger partial charge in [-0.1, -0.05) is 26.7 Å². The molecule has 0 bridgehead atoms. The van der Waals surface area contributed by atoms with Gasteiger partial charge in [0.1, 0.15) is 0 Å². The molecule has 1 saturated heterocycles. The largest absolute Gasteiger partial charge is 0.340 e. The van der Waals surface area contributed by atoms with Crippen molar-refractivity contribution in [3.63, 3.8) is 0 Å². The van der Waals surface area contributed by atoms with Crippen molar-refractivity contribution in [3.8, 4) is 0 Å².